The van der Waals surface area contributed by atoms with Gasteiger partial charge in [-0.1, -0.05) is 0 Å². The zero-order valence-corrected chi connectivity index (χ0v) is 10.7. The summed E-state index contributed by atoms with van der Waals surface area (Å²) in [5, 5.41) is 2.46. The number of hydrogen-bond donors (Lipinski definition) is 2. The number of aromatic nitrogens is 2. The molecule has 0 amide bonds. The van der Waals surface area contributed by atoms with Crippen LogP contribution in [0.4, 0.5) is 10.1 Å². The Hall–Kier alpha value is -2.37. The van der Waals surface area contributed by atoms with Crippen molar-refractivity contribution in [3.8, 4) is 0 Å². The molecule has 1 aromatic carbocycles. The van der Waals surface area contributed by atoms with Crippen molar-refractivity contribution in [2.75, 3.05) is 5.73 Å². The van der Waals surface area contributed by atoms with Crippen molar-refractivity contribution in [3.05, 3.63) is 61.4 Å². The van der Waals surface area contributed by atoms with E-state index in [0.29, 0.717) is 16.7 Å². The fourth-order valence-electron chi connectivity index (χ4n) is 1.85. The molecule has 0 atom stereocenters. The molecule has 0 fully saturated rings. The minimum atomic E-state index is -0.478. The topological polar surface area (TPSA) is 80.9 Å². The number of benzene rings is 1. The molecular formula is C13H14FN3O2. The smallest absolute Gasteiger partial charge is 0.268 e. The largest absolute Gasteiger partial charge is 0.399 e. The normalized spacial score (nSPS) is 10.7. The van der Waals surface area contributed by atoms with Crippen LogP contribution in [0.3, 0.4) is 0 Å². The summed E-state index contributed by atoms with van der Waals surface area (Å²) in [6, 6.07) is 4.02. The third-order valence-corrected chi connectivity index (χ3v) is 3.03. The van der Waals surface area contributed by atoms with Gasteiger partial charge in [-0.15, -0.1) is 0 Å². The van der Waals surface area contributed by atoms with Crippen molar-refractivity contribution in [2.45, 2.75) is 20.4 Å². The summed E-state index contributed by atoms with van der Waals surface area (Å²) >= 11 is 0. The van der Waals surface area contributed by atoms with Crippen LogP contribution in [0.15, 0.2) is 27.8 Å². The third kappa shape index (κ3) is 2.57. The Morgan fingerprint density at radius 3 is 2.53 bits per heavy atom. The summed E-state index contributed by atoms with van der Waals surface area (Å²) in [4.78, 5) is 23.6. The fourth-order valence-corrected chi connectivity index (χ4v) is 1.85. The number of H-pyrrole nitrogens is 1. The van der Waals surface area contributed by atoms with E-state index in [2.05, 4.69) is 5.10 Å². The second-order valence-corrected chi connectivity index (χ2v) is 4.48. The van der Waals surface area contributed by atoms with Crippen molar-refractivity contribution in [3.63, 3.8) is 0 Å². The van der Waals surface area contributed by atoms with Crippen LogP contribution in [-0.4, -0.2) is 9.78 Å². The van der Waals surface area contributed by atoms with Crippen molar-refractivity contribution in [1.82, 2.24) is 9.78 Å². The number of rotatable bonds is 2. The first-order chi connectivity index (χ1) is 8.88. The number of nitrogen functional groups attached to an aromatic ring is 1. The lowest BCUT2D eigenvalue weighted by Gasteiger charge is -2.09. The van der Waals surface area contributed by atoms with Gasteiger partial charge in [-0.25, -0.2) is 9.07 Å². The molecule has 1 aromatic heterocycles. The Bertz CT molecular complexity index is 726. The molecule has 0 unspecified atom stereocenters. The minimum absolute atomic E-state index is 0.0666. The molecule has 1 heterocycles. The Labute approximate surface area is 108 Å². The molecule has 0 spiro atoms. The Morgan fingerprint density at radius 2 is 1.89 bits per heavy atom. The maximum Gasteiger partial charge on any atom is 0.268 e. The molecule has 5 nitrogen and oxygen atoms in total. The molecule has 0 aliphatic carbocycles. The first-order valence-corrected chi connectivity index (χ1v) is 5.73. The molecule has 0 radical (unpaired) electrons. The lowest BCUT2D eigenvalue weighted by Crippen LogP contribution is -2.33. The highest BCUT2D eigenvalue weighted by molar-refractivity contribution is 5.41. The first-order valence-electron chi connectivity index (χ1n) is 5.73. The Kier molecular flexibility index (Phi) is 3.25. The molecule has 0 saturated heterocycles. The monoisotopic (exact) mass is 263 g/mol. The number of anilines is 1. The lowest BCUT2D eigenvalue weighted by atomic mass is 10.2. The molecule has 6 heteroatoms. The summed E-state index contributed by atoms with van der Waals surface area (Å²) in [7, 11) is 0. The van der Waals surface area contributed by atoms with E-state index in [-0.39, 0.29) is 23.4 Å². The Balaban J connectivity index is 2.50. The fraction of sp³-hybridized carbons (Fsp3) is 0.231. The highest BCUT2D eigenvalue weighted by Crippen LogP contribution is 2.11. The van der Waals surface area contributed by atoms with E-state index in [0.717, 1.165) is 4.68 Å². The van der Waals surface area contributed by atoms with Crippen LogP contribution in [-0.2, 0) is 6.54 Å². The molecule has 3 N–H and O–H groups in total. The van der Waals surface area contributed by atoms with Crippen LogP contribution in [0.2, 0.25) is 0 Å². The second-order valence-electron chi connectivity index (χ2n) is 4.48. The van der Waals surface area contributed by atoms with Gasteiger partial charge < -0.3 is 5.73 Å². The van der Waals surface area contributed by atoms with Gasteiger partial charge in [0, 0.05) is 16.8 Å². The van der Waals surface area contributed by atoms with Gasteiger partial charge >= 0.3 is 0 Å². The quantitative estimate of drug-likeness (QED) is 0.791. The van der Waals surface area contributed by atoms with E-state index in [4.69, 9.17) is 5.73 Å². The number of nitrogens with one attached hydrogen (secondary N) is 1. The van der Waals surface area contributed by atoms with E-state index in [9.17, 15) is 14.0 Å². The highest BCUT2D eigenvalue weighted by atomic mass is 19.1. The summed E-state index contributed by atoms with van der Waals surface area (Å²) in [6.07, 6.45) is 0. The number of hydrogen-bond acceptors (Lipinski definition) is 3. The summed E-state index contributed by atoms with van der Waals surface area (Å²) in [5.41, 5.74) is 6.45. The van der Waals surface area contributed by atoms with E-state index in [1.807, 2.05) is 0 Å². The van der Waals surface area contributed by atoms with E-state index in [1.54, 1.807) is 19.9 Å². The molecule has 0 aliphatic heterocycles. The minimum Gasteiger partial charge on any atom is -0.399 e. The number of nitrogens with zero attached hydrogens (tertiary/aromatic N) is 1. The number of aromatic amines is 1. The van der Waals surface area contributed by atoms with Crippen LogP contribution in [0.5, 0.6) is 0 Å². The predicted molar refractivity (Wildman–Crippen MR) is 70.7 cm³/mol. The maximum absolute atomic E-state index is 13.2. The van der Waals surface area contributed by atoms with Crippen molar-refractivity contribution >= 4 is 5.69 Å². The molecule has 0 bridgehead atoms. The standard InChI is InChI=1S/C13H14FN3O2/c1-7-8(2)13(19)17(16-12(7)18)6-9-3-10(14)5-11(15)4-9/h3-5H,6,15H2,1-2H3,(H,16,18). The van der Waals surface area contributed by atoms with Gasteiger partial charge in [0.2, 0.25) is 0 Å². The van der Waals surface area contributed by atoms with E-state index >= 15 is 0 Å². The zero-order chi connectivity index (χ0) is 14.2. The van der Waals surface area contributed by atoms with Crippen LogP contribution in [0.25, 0.3) is 0 Å². The van der Waals surface area contributed by atoms with Crippen molar-refractivity contribution in [1.29, 1.82) is 0 Å². The van der Waals surface area contributed by atoms with E-state index < -0.39 is 5.82 Å². The van der Waals surface area contributed by atoms with Gasteiger partial charge in [0.05, 0.1) is 6.54 Å². The maximum atomic E-state index is 13.2. The van der Waals surface area contributed by atoms with Gasteiger partial charge in [0.25, 0.3) is 11.1 Å². The molecule has 100 valence electrons. The summed E-state index contributed by atoms with van der Waals surface area (Å²) in [5.74, 6) is -0.478. The van der Waals surface area contributed by atoms with Crippen molar-refractivity contribution < 1.29 is 4.39 Å². The van der Waals surface area contributed by atoms with Crippen LogP contribution in [0, 0.1) is 19.7 Å². The predicted octanol–water partition coefficient (Wildman–Crippen LogP) is 0.923. The first kappa shape index (κ1) is 13.1. The zero-order valence-electron chi connectivity index (χ0n) is 10.7. The van der Waals surface area contributed by atoms with E-state index in [1.165, 1.54) is 12.1 Å². The van der Waals surface area contributed by atoms with Gasteiger partial charge in [-0.3, -0.25) is 14.7 Å². The second kappa shape index (κ2) is 4.72. The molecule has 0 aliphatic rings. The molecular weight excluding hydrogens is 249 g/mol. The number of nitrogens with two attached hydrogens (primary N) is 1. The lowest BCUT2D eigenvalue weighted by molar-refractivity contribution is 0.602. The SMILES string of the molecule is Cc1c(C)c(=O)n(Cc2cc(N)cc(F)c2)[nH]c1=O. The average molecular weight is 263 g/mol. The van der Waals surface area contributed by atoms with Crippen LogP contribution < -0.4 is 16.9 Å². The average Bonchev–Trinajstić information content (AvgIpc) is 2.32. The summed E-state index contributed by atoms with van der Waals surface area (Å²) in [6.45, 7) is 3.24. The van der Waals surface area contributed by atoms with Gasteiger partial charge in [0.15, 0.2) is 0 Å². The van der Waals surface area contributed by atoms with Gasteiger partial charge in [-0.05, 0) is 37.6 Å². The molecule has 2 rings (SSSR count). The molecule has 19 heavy (non-hydrogen) atoms. The Morgan fingerprint density at radius 1 is 1.21 bits per heavy atom. The van der Waals surface area contributed by atoms with Gasteiger partial charge in [0.1, 0.15) is 5.82 Å². The highest BCUT2D eigenvalue weighted by Gasteiger charge is 2.08. The summed E-state index contributed by atoms with van der Waals surface area (Å²) < 4.78 is 14.4. The molecule has 0 saturated carbocycles. The van der Waals surface area contributed by atoms with Crippen LogP contribution in [0.1, 0.15) is 16.7 Å². The molecule has 2 aromatic rings. The third-order valence-electron chi connectivity index (χ3n) is 3.03. The van der Waals surface area contributed by atoms with Crippen LogP contribution >= 0.6 is 0 Å². The van der Waals surface area contributed by atoms with Crippen molar-refractivity contribution in [2.24, 2.45) is 0 Å². The number of halogens is 1. The van der Waals surface area contributed by atoms with Gasteiger partial charge in [-0.2, -0.15) is 0 Å².